The zero-order valence-electron chi connectivity index (χ0n) is 10.5. The molecule has 18 heavy (non-hydrogen) atoms. The second-order valence-corrected chi connectivity index (χ2v) is 5.43. The van der Waals surface area contributed by atoms with Crippen molar-refractivity contribution in [1.82, 2.24) is 0 Å². The van der Waals surface area contributed by atoms with Gasteiger partial charge in [0.15, 0.2) is 0 Å². The van der Waals surface area contributed by atoms with Crippen LogP contribution in [0.5, 0.6) is 5.75 Å². The highest BCUT2D eigenvalue weighted by Crippen LogP contribution is 2.38. The molecule has 1 aliphatic heterocycles. The van der Waals surface area contributed by atoms with Gasteiger partial charge in [-0.3, -0.25) is 4.79 Å². The van der Waals surface area contributed by atoms with Crippen molar-refractivity contribution in [2.45, 2.75) is 31.7 Å². The Morgan fingerprint density at radius 2 is 2.28 bits per heavy atom. The van der Waals surface area contributed by atoms with Gasteiger partial charge in [0.25, 0.3) is 0 Å². The largest absolute Gasteiger partial charge is 0.493 e. The molecule has 0 spiro atoms. The van der Waals surface area contributed by atoms with Crippen LogP contribution in [0.2, 0.25) is 0 Å². The number of benzene rings is 1. The van der Waals surface area contributed by atoms with E-state index in [1.54, 1.807) is 0 Å². The monoisotopic (exact) mass is 246 g/mol. The van der Waals surface area contributed by atoms with Crippen molar-refractivity contribution in [1.29, 1.82) is 0 Å². The average Bonchev–Trinajstić information content (AvgIpc) is 3.09. The molecular weight excluding hydrogens is 228 g/mol. The summed E-state index contributed by atoms with van der Waals surface area (Å²) in [5.74, 6) is 1.16. The van der Waals surface area contributed by atoms with Gasteiger partial charge in [-0.25, -0.2) is 0 Å². The first-order valence-corrected chi connectivity index (χ1v) is 6.43. The van der Waals surface area contributed by atoms with E-state index in [1.807, 2.05) is 25.1 Å². The van der Waals surface area contributed by atoms with Crippen molar-refractivity contribution >= 4 is 11.6 Å². The fourth-order valence-corrected chi connectivity index (χ4v) is 2.40. The molecule has 1 saturated carbocycles. The smallest absolute Gasteiger partial charge is 0.244 e. The van der Waals surface area contributed by atoms with Crippen molar-refractivity contribution < 1.29 is 9.53 Å². The Morgan fingerprint density at radius 1 is 1.50 bits per heavy atom. The minimum atomic E-state index is -0.754. The Morgan fingerprint density at radius 3 is 3.00 bits per heavy atom. The third-order valence-electron chi connectivity index (χ3n) is 3.86. The molecule has 1 atom stereocenters. The zero-order chi connectivity index (χ0) is 12.8. The van der Waals surface area contributed by atoms with Crippen LogP contribution in [0.3, 0.4) is 0 Å². The molecule has 1 amide bonds. The number of carbonyl (C=O) groups is 1. The van der Waals surface area contributed by atoms with E-state index in [0.717, 1.165) is 42.9 Å². The van der Waals surface area contributed by atoms with Gasteiger partial charge in [0.1, 0.15) is 5.75 Å². The molecule has 0 aromatic heterocycles. The summed E-state index contributed by atoms with van der Waals surface area (Å²) in [4.78, 5) is 12.1. The lowest BCUT2D eigenvalue weighted by Crippen LogP contribution is -2.50. The third-order valence-corrected chi connectivity index (χ3v) is 3.86. The van der Waals surface area contributed by atoms with Gasteiger partial charge >= 0.3 is 0 Å². The predicted molar refractivity (Wildman–Crippen MR) is 69.6 cm³/mol. The summed E-state index contributed by atoms with van der Waals surface area (Å²) in [6.45, 7) is 2.54. The number of amides is 1. The number of rotatable bonds is 3. The lowest BCUT2D eigenvalue weighted by molar-refractivity contribution is -0.121. The van der Waals surface area contributed by atoms with Gasteiger partial charge < -0.3 is 15.8 Å². The molecular formula is C14H18N2O2. The van der Waals surface area contributed by atoms with Gasteiger partial charge in [0.2, 0.25) is 5.91 Å². The summed E-state index contributed by atoms with van der Waals surface area (Å²) in [7, 11) is 0. The molecule has 1 aliphatic carbocycles. The van der Waals surface area contributed by atoms with Crippen molar-refractivity contribution in [3.63, 3.8) is 0 Å². The van der Waals surface area contributed by atoms with Gasteiger partial charge in [0, 0.05) is 12.1 Å². The van der Waals surface area contributed by atoms with Gasteiger partial charge in [-0.2, -0.15) is 0 Å². The maximum Gasteiger partial charge on any atom is 0.244 e. The van der Waals surface area contributed by atoms with Crippen LogP contribution >= 0.6 is 0 Å². The molecule has 0 bridgehead atoms. The summed E-state index contributed by atoms with van der Waals surface area (Å²) >= 11 is 0. The molecule has 3 N–H and O–H groups in total. The van der Waals surface area contributed by atoms with Crippen LogP contribution in [0.1, 0.15) is 25.3 Å². The maximum absolute atomic E-state index is 12.1. The number of nitrogens with one attached hydrogen (secondary N) is 1. The normalized spacial score (nSPS) is 20.8. The first kappa shape index (κ1) is 11.5. The Balaban J connectivity index is 1.74. The molecule has 0 radical (unpaired) electrons. The van der Waals surface area contributed by atoms with Crippen LogP contribution in [-0.2, 0) is 11.2 Å². The van der Waals surface area contributed by atoms with Crippen molar-refractivity contribution in [2.24, 2.45) is 11.7 Å². The standard InChI is InChI=1S/C14H18N2O2/c1-14(15,10-2-3-10)13(17)16-11-4-5-12-9(8-11)6-7-18-12/h4-5,8,10H,2-3,6-7,15H2,1H3,(H,16,17). The van der Waals surface area contributed by atoms with E-state index in [2.05, 4.69) is 5.32 Å². The van der Waals surface area contributed by atoms with Gasteiger partial charge in [-0.15, -0.1) is 0 Å². The quantitative estimate of drug-likeness (QED) is 0.853. The predicted octanol–water partition coefficient (Wildman–Crippen LogP) is 1.69. The van der Waals surface area contributed by atoms with Crippen molar-refractivity contribution in [2.75, 3.05) is 11.9 Å². The fourth-order valence-electron chi connectivity index (χ4n) is 2.40. The summed E-state index contributed by atoms with van der Waals surface area (Å²) < 4.78 is 5.44. The van der Waals surface area contributed by atoms with E-state index < -0.39 is 5.54 Å². The van der Waals surface area contributed by atoms with E-state index in [0.29, 0.717) is 5.92 Å². The molecule has 4 nitrogen and oxygen atoms in total. The van der Waals surface area contributed by atoms with Crippen LogP contribution in [0.15, 0.2) is 18.2 Å². The van der Waals surface area contributed by atoms with Gasteiger partial charge in [-0.1, -0.05) is 0 Å². The van der Waals surface area contributed by atoms with Gasteiger partial charge in [0.05, 0.1) is 12.1 Å². The molecule has 0 saturated heterocycles. The molecule has 3 rings (SSSR count). The maximum atomic E-state index is 12.1. The Kier molecular flexibility index (Phi) is 2.55. The lowest BCUT2D eigenvalue weighted by Gasteiger charge is -2.23. The fraction of sp³-hybridized carbons (Fsp3) is 0.500. The van der Waals surface area contributed by atoms with E-state index in [-0.39, 0.29) is 5.91 Å². The number of fused-ring (bicyclic) bond motifs is 1. The van der Waals surface area contributed by atoms with Crippen LogP contribution in [0.25, 0.3) is 0 Å². The molecule has 4 heteroatoms. The topological polar surface area (TPSA) is 64.4 Å². The van der Waals surface area contributed by atoms with Crippen LogP contribution in [0, 0.1) is 5.92 Å². The van der Waals surface area contributed by atoms with Crippen LogP contribution in [0.4, 0.5) is 5.69 Å². The van der Waals surface area contributed by atoms with Crippen molar-refractivity contribution in [3.8, 4) is 5.75 Å². The van der Waals surface area contributed by atoms with Gasteiger partial charge in [-0.05, 0) is 49.4 Å². The van der Waals surface area contributed by atoms with E-state index in [1.165, 1.54) is 0 Å². The number of carbonyl (C=O) groups excluding carboxylic acids is 1. The number of hydrogen-bond acceptors (Lipinski definition) is 3. The molecule has 1 fully saturated rings. The number of nitrogens with two attached hydrogens (primary N) is 1. The lowest BCUT2D eigenvalue weighted by atomic mass is 9.96. The number of ether oxygens (including phenoxy) is 1. The third kappa shape index (κ3) is 1.97. The van der Waals surface area contributed by atoms with E-state index >= 15 is 0 Å². The van der Waals surface area contributed by atoms with Crippen molar-refractivity contribution in [3.05, 3.63) is 23.8 Å². The molecule has 1 heterocycles. The zero-order valence-corrected chi connectivity index (χ0v) is 10.5. The second-order valence-electron chi connectivity index (χ2n) is 5.43. The Hall–Kier alpha value is -1.55. The summed E-state index contributed by atoms with van der Waals surface area (Å²) in [6, 6.07) is 5.75. The highest BCUT2D eigenvalue weighted by Gasteiger charge is 2.44. The molecule has 1 unspecified atom stereocenters. The summed E-state index contributed by atoms with van der Waals surface area (Å²) in [6.07, 6.45) is 3.01. The second kappa shape index (κ2) is 3.99. The highest BCUT2D eigenvalue weighted by molar-refractivity contribution is 5.98. The summed E-state index contributed by atoms with van der Waals surface area (Å²) in [5, 5.41) is 2.91. The molecule has 2 aliphatic rings. The highest BCUT2D eigenvalue weighted by atomic mass is 16.5. The molecule has 1 aromatic rings. The minimum absolute atomic E-state index is 0.0936. The molecule has 1 aromatic carbocycles. The van der Waals surface area contributed by atoms with Crippen LogP contribution in [-0.4, -0.2) is 18.1 Å². The van der Waals surface area contributed by atoms with Crippen LogP contribution < -0.4 is 15.8 Å². The molecule has 96 valence electrons. The number of anilines is 1. The Labute approximate surface area is 107 Å². The van der Waals surface area contributed by atoms with E-state index in [4.69, 9.17) is 10.5 Å². The number of hydrogen-bond donors (Lipinski definition) is 2. The SMILES string of the molecule is CC(N)(C(=O)Nc1ccc2c(c1)CCO2)C1CC1. The Bertz CT molecular complexity index is 493. The minimum Gasteiger partial charge on any atom is -0.493 e. The first-order chi connectivity index (χ1) is 8.57. The first-order valence-electron chi connectivity index (χ1n) is 6.43. The summed E-state index contributed by atoms with van der Waals surface area (Å²) in [5.41, 5.74) is 7.29. The van der Waals surface area contributed by atoms with E-state index in [9.17, 15) is 4.79 Å². The average molecular weight is 246 g/mol.